The molecule has 4 nitrogen and oxygen atoms in total. The number of amides is 1. The Labute approximate surface area is 84.5 Å². The van der Waals surface area contributed by atoms with E-state index in [0.29, 0.717) is 6.42 Å². The van der Waals surface area contributed by atoms with Crippen LogP contribution in [0, 0.1) is 10.8 Å². The fourth-order valence-corrected chi connectivity index (χ4v) is 1.44. The van der Waals surface area contributed by atoms with E-state index in [1.165, 1.54) is 0 Å². The largest absolute Gasteiger partial charge is 0.481 e. The Morgan fingerprint density at radius 1 is 1.29 bits per heavy atom. The third kappa shape index (κ3) is 2.72. The SMILES string of the molecule is CC[C@](C)(CC(C)(C)C(=O)O)C(N)=O. The summed E-state index contributed by atoms with van der Waals surface area (Å²) in [6, 6.07) is 0. The number of primary amides is 1. The molecule has 0 saturated carbocycles. The Morgan fingerprint density at radius 2 is 1.71 bits per heavy atom. The van der Waals surface area contributed by atoms with Gasteiger partial charge >= 0.3 is 5.97 Å². The number of hydrogen-bond donors (Lipinski definition) is 2. The molecule has 0 bridgehead atoms. The Morgan fingerprint density at radius 3 is 1.93 bits per heavy atom. The molecular weight excluding hydrogens is 182 g/mol. The summed E-state index contributed by atoms with van der Waals surface area (Å²) in [5, 5.41) is 8.93. The monoisotopic (exact) mass is 201 g/mol. The van der Waals surface area contributed by atoms with E-state index in [2.05, 4.69) is 0 Å². The number of carbonyl (C=O) groups is 2. The zero-order chi connectivity index (χ0) is 11.6. The third-order valence-corrected chi connectivity index (χ3v) is 2.79. The molecule has 0 unspecified atom stereocenters. The molecule has 0 heterocycles. The highest BCUT2D eigenvalue weighted by Gasteiger charge is 2.39. The molecule has 0 aromatic rings. The van der Waals surface area contributed by atoms with Gasteiger partial charge in [-0.2, -0.15) is 0 Å². The number of rotatable bonds is 5. The summed E-state index contributed by atoms with van der Waals surface area (Å²) in [4.78, 5) is 22.1. The molecule has 1 amide bonds. The Hall–Kier alpha value is -1.06. The van der Waals surface area contributed by atoms with Crippen LogP contribution in [0.1, 0.15) is 40.5 Å². The number of carbonyl (C=O) groups excluding carboxylic acids is 1. The van der Waals surface area contributed by atoms with E-state index in [1.807, 2.05) is 6.92 Å². The van der Waals surface area contributed by atoms with Crippen LogP contribution >= 0.6 is 0 Å². The van der Waals surface area contributed by atoms with Gasteiger partial charge < -0.3 is 10.8 Å². The predicted octanol–water partition coefficient (Wildman–Crippen LogP) is 1.39. The van der Waals surface area contributed by atoms with Crippen molar-refractivity contribution in [3.63, 3.8) is 0 Å². The first-order valence-corrected chi connectivity index (χ1v) is 4.69. The Balaban J connectivity index is 4.79. The fourth-order valence-electron chi connectivity index (χ4n) is 1.44. The maximum atomic E-state index is 11.2. The minimum Gasteiger partial charge on any atom is -0.481 e. The van der Waals surface area contributed by atoms with Crippen molar-refractivity contribution in [1.29, 1.82) is 0 Å². The van der Waals surface area contributed by atoms with Crippen molar-refractivity contribution in [2.45, 2.75) is 40.5 Å². The first kappa shape index (κ1) is 12.9. The summed E-state index contributed by atoms with van der Waals surface area (Å²) in [6.45, 7) is 6.75. The molecule has 0 aromatic heterocycles. The second-order valence-corrected chi connectivity index (χ2v) is 4.64. The van der Waals surface area contributed by atoms with Gasteiger partial charge in [-0.05, 0) is 26.7 Å². The number of carboxylic acids is 1. The van der Waals surface area contributed by atoms with Gasteiger partial charge in [-0.15, -0.1) is 0 Å². The molecule has 4 heteroatoms. The average molecular weight is 201 g/mol. The van der Waals surface area contributed by atoms with Gasteiger partial charge in [0.15, 0.2) is 0 Å². The molecule has 0 aliphatic heterocycles. The molecule has 1 atom stereocenters. The van der Waals surface area contributed by atoms with E-state index in [9.17, 15) is 9.59 Å². The van der Waals surface area contributed by atoms with Crippen LogP contribution in [0.15, 0.2) is 0 Å². The van der Waals surface area contributed by atoms with E-state index in [-0.39, 0.29) is 6.42 Å². The van der Waals surface area contributed by atoms with Gasteiger partial charge in [-0.1, -0.05) is 13.8 Å². The minimum atomic E-state index is -0.917. The molecule has 0 spiro atoms. The predicted molar refractivity (Wildman–Crippen MR) is 53.6 cm³/mol. The maximum Gasteiger partial charge on any atom is 0.309 e. The topological polar surface area (TPSA) is 80.4 Å². The number of nitrogens with two attached hydrogens (primary N) is 1. The summed E-state index contributed by atoms with van der Waals surface area (Å²) in [5.41, 5.74) is 3.61. The number of aliphatic carboxylic acids is 1. The van der Waals surface area contributed by atoms with Crippen molar-refractivity contribution >= 4 is 11.9 Å². The summed E-state index contributed by atoms with van der Waals surface area (Å²) < 4.78 is 0. The summed E-state index contributed by atoms with van der Waals surface area (Å²) in [7, 11) is 0. The lowest BCUT2D eigenvalue weighted by molar-refractivity contribution is -0.149. The summed E-state index contributed by atoms with van der Waals surface area (Å²) >= 11 is 0. The van der Waals surface area contributed by atoms with Crippen LogP contribution in [0.5, 0.6) is 0 Å². The minimum absolute atomic E-state index is 0.265. The Bertz CT molecular complexity index is 248. The molecule has 0 aromatic carbocycles. The number of hydrogen-bond acceptors (Lipinski definition) is 2. The zero-order valence-corrected chi connectivity index (χ0v) is 9.26. The van der Waals surface area contributed by atoms with Gasteiger partial charge in [-0.3, -0.25) is 9.59 Å². The lowest BCUT2D eigenvalue weighted by Gasteiger charge is -2.31. The van der Waals surface area contributed by atoms with Crippen molar-refractivity contribution in [3.05, 3.63) is 0 Å². The third-order valence-electron chi connectivity index (χ3n) is 2.79. The van der Waals surface area contributed by atoms with Crippen LogP contribution in [-0.4, -0.2) is 17.0 Å². The highest BCUT2D eigenvalue weighted by molar-refractivity contribution is 5.82. The second kappa shape index (κ2) is 3.98. The van der Waals surface area contributed by atoms with Gasteiger partial charge in [-0.25, -0.2) is 0 Å². The smallest absolute Gasteiger partial charge is 0.309 e. The lowest BCUT2D eigenvalue weighted by atomic mass is 9.72. The second-order valence-electron chi connectivity index (χ2n) is 4.64. The maximum absolute atomic E-state index is 11.2. The van der Waals surface area contributed by atoms with Crippen LogP contribution in [0.3, 0.4) is 0 Å². The van der Waals surface area contributed by atoms with Crippen LogP contribution in [0.25, 0.3) is 0 Å². The molecule has 0 aliphatic rings. The van der Waals surface area contributed by atoms with Gasteiger partial charge in [0.25, 0.3) is 0 Å². The van der Waals surface area contributed by atoms with Gasteiger partial charge in [0.1, 0.15) is 0 Å². The molecule has 82 valence electrons. The van der Waals surface area contributed by atoms with Gasteiger partial charge in [0.2, 0.25) is 5.91 Å². The molecule has 0 aliphatic carbocycles. The van der Waals surface area contributed by atoms with E-state index in [0.717, 1.165) is 0 Å². The highest BCUT2D eigenvalue weighted by atomic mass is 16.4. The standard InChI is InChI=1S/C10H19NO3/c1-5-10(4,7(11)12)6-9(2,3)8(13)14/h5-6H2,1-4H3,(H2,11,12)(H,13,14)/t10-/m1/s1. The molecule has 0 rings (SSSR count). The van der Waals surface area contributed by atoms with Crippen LogP contribution < -0.4 is 5.73 Å². The first-order valence-electron chi connectivity index (χ1n) is 4.69. The molecular formula is C10H19NO3. The molecule has 0 saturated heterocycles. The molecule has 3 N–H and O–H groups in total. The fraction of sp³-hybridized carbons (Fsp3) is 0.800. The van der Waals surface area contributed by atoms with Crippen molar-refractivity contribution in [1.82, 2.24) is 0 Å². The van der Waals surface area contributed by atoms with E-state index >= 15 is 0 Å². The quantitative estimate of drug-likeness (QED) is 0.705. The lowest BCUT2D eigenvalue weighted by Crippen LogP contribution is -2.40. The van der Waals surface area contributed by atoms with Crippen LogP contribution in [-0.2, 0) is 9.59 Å². The van der Waals surface area contributed by atoms with E-state index < -0.39 is 22.7 Å². The molecule has 0 fully saturated rings. The Kier molecular flexibility index (Phi) is 3.68. The summed E-state index contributed by atoms with van der Waals surface area (Å²) in [6.07, 6.45) is 0.820. The van der Waals surface area contributed by atoms with Crippen molar-refractivity contribution in [3.8, 4) is 0 Å². The zero-order valence-electron chi connectivity index (χ0n) is 9.26. The highest BCUT2D eigenvalue weighted by Crippen LogP contribution is 2.36. The average Bonchev–Trinajstić information content (AvgIpc) is 2.02. The first-order chi connectivity index (χ1) is 6.15. The van der Waals surface area contributed by atoms with Gasteiger partial charge in [0.05, 0.1) is 5.41 Å². The van der Waals surface area contributed by atoms with E-state index in [1.54, 1.807) is 20.8 Å². The van der Waals surface area contributed by atoms with E-state index in [4.69, 9.17) is 10.8 Å². The van der Waals surface area contributed by atoms with Crippen LogP contribution in [0.2, 0.25) is 0 Å². The van der Waals surface area contributed by atoms with Crippen molar-refractivity contribution < 1.29 is 14.7 Å². The summed E-state index contributed by atoms with van der Waals surface area (Å²) in [5.74, 6) is -1.34. The van der Waals surface area contributed by atoms with Crippen molar-refractivity contribution in [2.24, 2.45) is 16.6 Å². The van der Waals surface area contributed by atoms with Gasteiger partial charge in [0, 0.05) is 5.41 Å². The van der Waals surface area contributed by atoms with Crippen molar-refractivity contribution in [2.75, 3.05) is 0 Å². The normalized spacial score (nSPS) is 16.0. The number of carboxylic acid groups (broad SMARTS) is 1. The molecule has 0 radical (unpaired) electrons. The van der Waals surface area contributed by atoms with Crippen LogP contribution in [0.4, 0.5) is 0 Å². The molecule has 14 heavy (non-hydrogen) atoms.